The van der Waals surface area contributed by atoms with Gasteiger partial charge in [-0.15, -0.1) is 0 Å². The highest BCUT2D eigenvalue weighted by atomic mass is 16.1. The van der Waals surface area contributed by atoms with Crippen molar-refractivity contribution in [3.05, 3.63) is 48.3 Å². The molecule has 4 nitrogen and oxygen atoms in total. The Hall–Kier alpha value is -2.10. The average Bonchev–Trinajstić information content (AvgIpc) is 2.66. The van der Waals surface area contributed by atoms with Crippen molar-refractivity contribution in [2.45, 2.75) is 0 Å². The molecule has 0 atom stereocenters. The van der Waals surface area contributed by atoms with Crippen LogP contribution in [0.2, 0.25) is 0 Å². The summed E-state index contributed by atoms with van der Waals surface area (Å²) in [7, 11) is 1.78. The number of hydrogen-bond acceptors (Lipinski definition) is 2. The molecule has 15 heavy (non-hydrogen) atoms. The first-order valence-electron chi connectivity index (χ1n) is 4.61. The summed E-state index contributed by atoms with van der Waals surface area (Å²) in [5.74, 6) is -0.144. The zero-order valence-corrected chi connectivity index (χ0v) is 8.34. The van der Waals surface area contributed by atoms with Crippen LogP contribution in [0, 0.1) is 0 Å². The van der Waals surface area contributed by atoms with Gasteiger partial charge in [0, 0.05) is 18.9 Å². The zero-order valence-electron chi connectivity index (χ0n) is 8.34. The van der Waals surface area contributed by atoms with E-state index in [-0.39, 0.29) is 5.91 Å². The molecule has 1 heterocycles. The van der Waals surface area contributed by atoms with Crippen LogP contribution in [0.25, 0.3) is 0 Å². The van der Waals surface area contributed by atoms with Crippen molar-refractivity contribution in [2.75, 3.05) is 5.32 Å². The SMILES string of the molecule is Cn1cc(C(=O)Nc2ccccc2)cn1. The summed E-state index contributed by atoms with van der Waals surface area (Å²) < 4.78 is 1.60. The third-order valence-corrected chi connectivity index (χ3v) is 2.00. The zero-order chi connectivity index (χ0) is 10.7. The van der Waals surface area contributed by atoms with Crippen LogP contribution in [-0.4, -0.2) is 15.7 Å². The molecule has 0 spiro atoms. The van der Waals surface area contributed by atoms with Gasteiger partial charge in [-0.3, -0.25) is 9.48 Å². The Kier molecular flexibility index (Phi) is 2.49. The highest BCUT2D eigenvalue weighted by Gasteiger charge is 2.07. The minimum absolute atomic E-state index is 0.144. The monoisotopic (exact) mass is 201 g/mol. The molecular formula is C11H11N3O. The first-order valence-corrected chi connectivity index (χ1v) is 4.61. The van der Waals surface area contributed by atoms with E-state index in [1.165, 1.54) is 6.20 Å². The number of para-hydroxylation sites is 1. The van der Waals surface area contributed by atoms with Crippen LogP contribution >= 0.6 is 0 Å². The van der Waals surface area contributed by atoms with E-state index in [1.807, 2.05) is 30.3 Å². The van der Waals surface area contributed by atoms with E-state index in [2.05, 4.69) is 10.4 Å². The quantitative estimate of drug-likeness (QED) is 0.803. The molecular weight excluding hydrogens is 190 g/mol. The number of aryl methyl sites for hydroxylation is 1. The highest BCUT2D eigenvalue weighted by molar-refractivity contribution is 6.03. The van der Waals surface area contributed by atoms with Crippen molar-refractivity contribution >= 4 is 11.6 Å². The minimum Gasteiger partial charge on any atom is -0.322 e. The molecule has 0 bridgehead atoms. The van der Waals surface area contributed by atoms with Gasteiger partial charge < -0.3 is 5.32 Å². The maximum Gasteiger partial charge on any atom is 0.258 e. The number of carbonyl (C=O) groups excluding carboxylic acids is 1. The van der Waals surface area contributed by atoms with Gasteiger partial charge in [0.05, 0.1) is 11.8 Å². The molecule has 1 amide bonds. The molecule has 2 aromatic rings. The molecule has 2 rings (SSSR count). The van der Waals surface area contributed by atoms with E-state index in [1.54, 1.807) is 17.9 Å². The van der Waals surface area contributed by atoms with E-state index in [0.717, 1.165) is 5.69 Å². The van der Waals surface area contributed by atoms with Gasteiger partial charge in [-0.05, 0) is 12.1 Å². The normalized spacial score (nSPS) is 9.93. The Balaban J connectivity index is 2.11. The fourth-order valence-electron chi connectivity index (χ4n) is 1.26. The average molecular weight is 201 g/mol. The van der Waals surface area contributed by atoms with Crippen molar-refractivity contribution in [1.29, 1.82) is 0 Å². The van der Waals surface area contributed by atoms with Crippen molar-refractivity contribution in [2.24, 2.45) is 7.05 Å². The van der Waals surface area contributed by atoms with Crippen LogP contribution < -0.4 is 5.32 Å². The van der Waals surface area contributed by atoms with Gasteiger partial charge in [0.1, 0.15) is 0 Å². The van der Waals surface area contributed by atoms with Gasteiger partial charge in [0.2, 0.25) is 0 Å². The fourth-order valence-corrected chi connectivity index (χ4v) is 1.26. The van der Waals surface area contributed by atoms with Crippen LogP contribution in [0.4, 0.5) is 5.69 Å². The molecule has 0 saturated heterocycles. The number of carbonyl (C=O) groups is 1. The van der Waals surface area contributed by atoms with Crippen LogP contribution in [0.5, 0.6) is 0 Å². The molecule has 0 aliphatic rings. The Morgan fingerprint density at radius 2 is 2.07 bits per heavy atom. The number of amides is 1. The lowest BCUT2D eigenvalue weighted by Crippen LogP contribution is -2.10. The van der Waals surface area contributed by atoms with Crippen molar-refractivity contribution < 1.29 is 4.79 Å². The molecule has 1 aromatic heterocycles. The van der Waals surface area contributed by atoms with Crippen LogP contribution in [-0.2, 0) is 7.05 Å². The van der Waals surface area contributed by atoms with Crippen molar-refractivity contribution in [3.8, 4) is 0 Å². The van der Waals surface area contributed by atoms with E-state index in [4.69, 9.17) is 0 Å². The lowest BCUT2D eigenvalue weighted by atomic mass is 10.3. The largest absolute Gasteiger partial charge is 0.322 e. The summed E-state index contributed by atoms with van der Waals surface area (Å²) in [4.78, 5) is 11.7. The molecule has 0 fully saturated rings. The van der Waals surface area contributed by atoms with E-state index in [0.29, 0.717) is 5.56 Å². The predicted molar refractivity (Wildman–Crippen MR) is 57.6 cm³/mol. The second-order valence-corrected chi connectivity index (χ2v) is 3.22. The molecule has 1 aromatic carbocycles. The Bertz CT molecular complexity index is 462. The third-order valence-electron chi connectivity index (χ3n) is 2.00. The third kappa shape index (κ3) is 2.22. The minimum atomic E-state index is -0.144. The van der Waals surface area contributed by atoms with Gasteiger partial charge in [0.25, 0.3) is 5.91 Å². The molecule has 0 aliphatic carbocycles. The summed E-state index contributed by atoms with van der Waals surface area (Å²) >= 11 is 0. The van der Waals surface area contributed by atoms with Gasteiger partial charge in [0.15, 0.2) is 0 Å². The molecule has 76 valence electrons. The number of hydrogen-bond donors (Lipinski definition) is 1. The lowest BCUT2D eigenvalue weighted by molar-refractivity contribution is 0.102. The maximum atomic E-state index is 11.7. The summed E-state index contributed by atoms with van der Waals surface area (Å²) in [6, 6.07) is 9.33. The number of aromatic nitrogens is 2. The topological polar surface area (TPSA) is 46.9 Å². The first kappa shape index (κ1) is 9.45. The number of anilines is 1. The van der Waals surface area contributed by atoms with Gasteiger partial charge in [-0.25, -0.2) is 0 Å². The van der Waals surface area contributed by atoms with Crippen molar-refractivity contribution in [3.63, 3.8) is 0 Å². The first-order chi connectivity index (χ1) is 7.25. The van der Waals surface area contributed by atoms with Gasteiger partial charge in [-0.1, -0.05) is 18.2 Å². The number of benzene rings is 1. The van der Waals surface area contributed by atoms with Crippen LogP contribution in [0.15, 0.2) is 42.7 Å². The van der Waals surface area contributed by atoms with Crippen LogP contribution in [0.3, 0.4) is 0 Å². The molecule has 1 N–H and O–H groups in total. The molecule has 0 unspecified atom stereocenters. The standard InChI is InChI=1S/C11H11N3O/c1-14-8-9(7-12-14)11(15)13-10-5-3-2-4-6-10/h2-8H,1H3,(H,13,15). The Morgan fingerprint density at radius 1 is 1.33 bits per heavy atom. The molecule has 4 heteroatoms. The summed E-state index contributed by atoms with van der Waals surface area (Å²) in [5.41, 5.74) is 1.34. The summed E-state index contributed by atoms with van der Waals surface area (Å²) in [5, 5.41) is 6.71. The van der Waals surface area contributed by atoms with E-state index >= 15 is 0 Å². The van der Waals surface area contributed by atoms with Gasteiger partial charge in [-0.2, -0.15) is 5.10 Å². The number of nitrogens with one attached hydrogen (secondary N) is 1. The molecule has 0 saturated carbocycles. The predicted octanol–water partition coefficient (Wildman–Crippen LogP) is 1.67. The highest BCUT2D eigenvalue weighted by Crippen LogP contribution is 2.07. The number of nitrogens with zero attached hydrogens (tertiary/aromatic N) is 2. The van der Waals surface area contributed by atoms with Crippen LogP contribution in [0.1, 0.15) is 10.4 Å². The summed E-state index contributed by atoms with van der Waals surface area (Å²) in [6.07, 6.45) is 3.22. The fraction of sp³-hybridized carbons (Fsp3) is 0.0909. The maximum absolute atomic E-state index is 11.7. The Labute approximate surface area is 87.5 Å². The van der Waals surface area contributed by atoms with E-state index < -0.39 is 0 Å². The van der Waals surface area contributed by atoms with E-state index in [9.17, 15) is 4.79 Å². The van der Waals surface area contributed by atoms with Gasteiger partial charge >= 0.3 is 0 Å². The summed E-state index contributed by atoms with van der Waals surface area (Å²) in [6.45, 7) is 0. The molecule has 0 aliphatic heterocycles. The second-order valence-electron chi connectivity index (χ2n) is 3.22. The lowest BCUT2D eigenvalue weighted by Gasteiger charge is -2.01. The molecule has 0 radical (unpaired) electrons. The second kappa shape index (κ2) is 3.96. The number of rotatable bonds is 2. The Morgan fingerprint density at radius 3 is 2.67 bits per heavy atom. The smallest absolute Gasteiger partial charge is 0.258 e. The van der Waals surface area contributed by atoms with Crippen molar-refractivity contribution in [1.82, 2.24) is 9.78 Å².